The van der Waals surface area contributed by atoms with Gasteiger partial charge in [-0.2, -0.15) is 0 Å². The molecule has 0 spiro atoms. The lowest BCUT2D eigenvalue weighted by molar-refractivity contribution is 0.467. The summed E-state index contributed by atoms with van der Waals surface area (Å²) >= 11 is 0. The zero-order valence-corrected chi connectivity index (χ0v) is 11.6. The minimum Gasteiger partial charge on any atom is -0.464 e. The van der Waals surface area contributed by atoms with Crippen LogP contribution in [-0.2, 0) is 0 Å². The van der Waals surface area contributed by atoms with Crippen molar-refractivity contribution in [2.45, 2.75) is 19.9 Å². The summed E-state index contributed by atoms with van der Waals surface area (Å²) in [7, 11) is 0. The quantitative estimate of drug-likeness (QED) is 0.706. The van der Waals surface area contributed by atoms with Crippen molar-refractivity contribution < 1.29 is 4.42 Å². The van der Waals surface area contributed by atoms with E-state index in [1.54, 1.807) is 6.20 Å². The Morgan fingerprint density at radius 3 is 2.80 bits per heavy atom. The molecule has 4 heteroatoms. The highest BCUT2D eigenvalue weighted by Gasteiger charge is 2.12. The Labute approximate surface area is 117 Å². The molecule has 0 aliphatic carbocycles. The van der Waals surface area contributed by atoms with Crippen molar-refractivity contribution in [2.75, 3.05) is 11.1 Å². The summed E-state index contributed by atoms with van der Waals surface area (Å²) in [4.78, 5) is 4.10. The van der Waals surface area contributed by atoms with Crippen LogP contribution >= 0.6 is 0 Å². The minimum atomic E-state index is 0.0605. The molecule has 0 amide bonds. The minimum absolute atomic E-state index is 0.0605. The number of nitrogen functional groups attached to an aromatic ring is 1. The Bertz CT molecular complexity index is 748. The number of benzene rings is 1. The van der Waals surface area contributed by atoms with Crippen LogP contribution in [0.15, 0.2) is 47.1 Å². The summed E-state index contributed by atoms with van der Waals surface area (Å²) in [5, 5.41) is 5.44. The van der Waals surface area contributed by atoms with Gasteiger partial charge in [0.15, 0.2) is 0 Å². The first-order valence-corrected chi connectivity index (χ1v) is 6.60. The molecule has 20 heavy (non-hydrogen) atoms. The average Bonchev–Trinajstić information content (AvgIpc) is 2.89. The normalized spacial score (nSPS) is 12.5. The molecule has 0 radical (unpaired) electrons. The van der Waals surface area contributed by atoms with Gasteiger partial charge in [0.25, 0.3) is 0 Å². The van der Waals surface area contributed by atoms with Crippen LogP contribution in [0.25, 0.3) is 10.8 Å². The number of pyridine rings is 1. The molecule has 0 saturated heterocycles. The molecule has 3 N–H and O–H groups in total. The smallest absolute Gasteiger partial charge is 0.126 e. The van der Waals surface area contributed by atoms with Crippen LogP contribution in [0.4, 0.5) is 11.4 Å². The van der Waals surface area contributed by atoms with Gasteiger partial charge in [0.2, 0.25) is 0 Å². The molecule has 2 aromatic heterocycles. The second-order valence-corrected chi connectivity index (χ2v) is 4.94. The van der Waals surface area contributed by atoms with Crippen LogP contribution in [-0.4, -0.2) is 4.98 Å². The van der Waals surface area contributed by atoms with Gasteiger partial charge in [0.05, 0.1) is 17.4 Å². The average molecular weight is 267 g/mol. The molecule has 3 aromatic rings. The maximum atomic E-state index is 6.23. The van der Waals surface area contributed by atoms with Crippen LogP contribution in [0.5, 0.6) is 0 Å². The Morgan fingerprint density at radius 2 is 2.05 bits per heavy atom. The molecule has 102 valence electrons. The molecular weight excluding hydrogens is 250 g/mol. The van der Waals surface area contributed by atoms with Crippen LogP contribution in [0.3, 0.4) is 0 Å². The first-order chi connectivity index (χ1) is 9.65. The van der Waals surface area contributed by atoms with Crippen molar-refractivity contribution >= 4 is 22.1 Å². The number of anilines is 2. The number of aromatic nitrogens is 1. The topological polar surface area (TPSA) is 64.1 Å². The molecule has 0 aliphatic heterocycles. The third kappa shape index (κ3) is 2.20. The van der Waals surface area contributed by atoms with Crippen LogP contribution < -0.4 is 11.1 Å². The second kappa shape index (κ2) is 4.89. The van der Waals surface area contributed by atoms with Gasteiger partial charge in [-0.05, 0) is 38.1 Å². The number of nitrogens with two attached hydrogens (primary N) is 1. The Morgan fingerprint density at radius 1 is 1.20 bits per heavy atom. The van der Waals surface area contributed by atoms with Crippen LogP contribution in [0.2, 0.25) is 0 Å². The van der Waals surface area contributed by atoms with Crippen LogP contribution in [0.1, 0.15) is 24.5 Å². The summed E-state index contributed by atoms with van der Waals surface area (Å²) in [6.45, 7) is 3.99. The lowest BCUT2D eigenvalue weighted by Gasteiger charge is -2.16. The summed E-state index contributed by atoms with van der Waals surface area (Å²) in [6.07, 6.45) is 3.57. The van der Waals surface area contributed by atoms with Gasteiger partial charge < -0.3 is 15.5 Å². The van der Waals surface area contributed by atoms with Crippen molar-refractivity contribution in [2.24, 2.45) is 0 Å². The number of nitrogens with one attached hydrogen (secondary N) is 1. The number of furan rings is 1. The zero-order valence-electron chi connectivity index (χ0n) is 11.6. The first kappa shape index (κ1) is 12.5. The SMILES string of the molecule is Cc1ccc(C(C)Nc2ccc3cnccc3c2N)o1. The number of hydrogen-bond acceptors (Lipinski definition) is 4. The number of aryl methyl sites for hydroxylation is 1. The molecule has 1 atom stereocenters. The molecule has 3 rings (SSSR count). The Kier molecular flexibility index (Phi) is 3.06. The first-order valence-electron chi connectivity index (χ1n) is 6.60. The maximum absolute atomic E-state index is 6.23. The summed E-state index contributed by atoms with van der Waals surface area (Å²) in [5.74, 6) is 1.81. The van der Waals surface area contributed by atoms with E-state index in [4.69, 9.17) is 10.2 Å². The number of fused-ring (bicyclic) bond motifs is 1. The van der Waals surface area contributed by atoms with E-state index in [1.165, 1.54) is 0 Å². The predicted octanol–water partition coefficient (Wildman–Crippen LogP) is 3.89. The van der Waals surface area contributed by atoms with Crippen molar-refractivity contribution in [3.05, 3.63) is 54.2 Å². The fraction of sp³-hybridized carbons (Fsp3) is 0.188. The van der Waals surface area contributed by atoms with E-state index in [1.807, 2.05) is 43.5 Å². The Balaban J connectivity index is 1.93. The third-order valence-electron chi connectivity index (χ3n) is 3.42. The molecule has 2 heterocycles. The molecule has 1 aromatic carbocycles. The molecule has 0 aliphatic rings. The standard InChI is InChI=1S/C16H17N3O/c1-10-3-6-15(20-10)11(2)19-14-5-4-12-9-18-8-7-13(12)16(14)17/h3-9,11,19H,17H2,1-2H3. The second-order valence-electron chi connectivity index (χ2n) is 4.94. The van der Waals surface area contributed by atoms with E-state index < -0.39 is 0 Å². The van der Waals surface area contributed by atoms with Gasteiger partial charge in [0, 0.05) is 23.2 Å². The summed E-state index contributed by atoms with van der Waals surface area (Å²) < 4.78 is 5.63. The van der Waals surface area contributed by atoms with E-state index in [0.717, 1.165) is 33.7 Å². The van der Waals surface area contributed by atoms with E-state index in [-0.39, 0.29) is 6.04 Å². The van der Waals surface area contributed by atoms with Gasteiger partial charge in [-0.25, -0.2) is 0 Å². The van der Waals surface area contributed by atoms with Gasteiger partial charge >= 0.3 is 0 Å². The van der Waals surface area contributed by atoms with Gasteiger partial charge in [-0.3, -0.25) is 4.98 Å². The fourth-order valence-corrected chi connectivity index (χ4v) is 2.31. The highest BCUT2D eigenvalue weighted by atomic mass is 16.3. The van der Waals surface area contributed by atoms with Gasteiger partial charge in [-0.1, -0.05) is 6.07 Å². The van der Waals surface area contributed by atoms with E-state index in [0.29, 0.717) is 0 Å². The fourth-order valence-electron chi connectivity index (χ4n) is 2.31. The molecule has 0 fully saturated rings. The lowest BCUT2D eigenvalue weighted by atomic mass is 10.1. The van der Waals surface area contributed by atoms with Gasteiger partial charge in [-0.15, -0.1) is 0 Å². The summed E-state index contributed by atoms with van der Waals surface area (Å²) in [5.41, 5.74) is 7.87. The highest BCUT2D eigenvalue weighted by molar-refractivity contribution is 5.98. The van der Waals surface area contributed by atoms with Crippen molar-refractivity contribution in [1.82, 2.24) is 4.98 Å². The largest absolute Gasteiger partial charge is 0.464 e. The monoisotopic (exact) mass is 267 g/mol. The predicted molar refractivity (Wildman–Crippen MR) is 81.6 cm³/mol. The molecule has 4 nitrogen and oxygen atoms in total. The molecular formula is C16H17N3O. The van der Waals surface area contributed by atoms with E-state index >= 15 is 0 Å². The molecule has 0 bridgehead atoms. The Hall–Kier alpha value is -2.49. The van der Waals surface area contributed by atoms with Crippen LogP contribution in [0, 0.1) is 6.92 Å². The van der Waals surface area contributed by atoms with Crippen molar-refractivity contribution in [1.29, 1.82) is 0 Å². The lowest BCUT2D eigenvalue weighted by Crippen LogP contribution is -2.07. The molecule has 1 unspecified atom stereocenters. The number of hydrogen-bond donors (Lipinski definition) is 2. The molecule has 0 saturated carbocycles. The number of nitrogens with zero attached hydrogens (tertiary/aromatic N) is 1. The highest BCUT2D eigenvalue weighted by Crippen LogP contribution is 2.31. The van der Waals surface area contributed by atoms with Crippen molar-refractivity contribution in [3.8, 4) is 0 Å². The zero-order chi connectivity index (χ0) is 14.1. The van der Waals surface area contributed by atoms with E-state index in [9.17, 15) is 0 Å². The van der Waals surface area contributed by atoms with Crippen molar-refractivity contribution in [3.63, 3.8) is 0 Å². The maximum Gasteiger partial charge on any atom is 0.126 e. The third-order valence-corrected chi connectivity index (χ3v) is 3.42. The van der Waals surface area contributed by atoms with E-state index in [2.05, 4.69) is 17.2 Å². The van der Waals surface area contributed by atoms with Gasteiger partial charge in [0.1, 0.15) is 11.5 Å². The summed E-state index contributed by atoms with van der Waals surface area (Å²) in [6, 6.07) is 9.92. The number of rotatable bonds is 3.